The smallest absolute Gasteiger partial charge is 0.179 e. The van der Waals surface area contributed by atoms with Gasteiger partial charge in [0.25, 0.3) is 0 Å². The number of hydrogen-bond donors (Lipinski definition) is 0. The molecule has 18 heavy (non-hydrogen) atoms. The van der Waals surface area contributed by atoms with Crippen LogP contribution in [0.4, 0.5) is 0 Å². The van der Waals surface area contributed by atoms with Gasteiger partial charge in [-0.15, -0.1) is 0 Å². The number of nitrogens with zero attached hydrogens (tertiary/aromatic N) is 2. The first kappa shape index (κ1) is 12.8. The van der Waals surface area contributed by atoms with E-state index in [2.05, 4.69) is 4.98 Å². The lowest BCUT2D eigenvalue weighted by atomic mass is 10.2. The van der Waals surface area contributed by atoms with Crippen molar-refractivity contribution in [3.05, 3.63) is 29.5 Å². The Kier molecular flexibility index (Phi) is 3.77. The van der Waals surface area contributed by atoms with Gasteiger partial charge in [-0.3, -0.25) is 0 Å². The summed E-state index contributed by atoms with van der Waals surface area (Å²) in [6.45, 7) is 2.44. The Balaban J connectivity index is 2.52. The Morgan fingerprint density at radius 3 is 2.72 bits per heavy atom. The molecule has 1 aromatic heterocycles. The molecule has 0 N–H and O–H groups in total. The average molecular weight is 267 g/mol. The predicted molar refractivity (Wildman–Crippen MR) is 71.4 cm³/mol. The fourth-order valence-electron chi connectivity index (χ4n) is 1.78. The number of rotatable bonds is 4. The number of benzene rings is 1. The number of halogens is 1. The van der Waals surface area contributed by atoms with Crippen molar-refractivity contribution in [2.75, 3.05) is 13.7 Å². The quantitative estimate of drug-likeness (QED) is 0.853. The van der Waals surface area contributed by atoms with Crippen molar-refractivity contribution in [2.24, 2.45) is 7.05 Å². The number of aromatic nitrogens is 2. The minimum atomic E-state index is 0.522. The van der Waals surface area contributed by atoms with Crippen LogP contribution in [0.15, 0.2) is 24.5 Å². The molecule has 0 spiro atoms. The van der Waals surface area contributed by atoms with E-state index in [0.29, 0.717) is 23.1 Å². The predicted octanol–water partition coefficient (Wildman–Crippen LogP) is 3.15. The van der Waals surface area contributed by atoms with Crippen LogP contribution in [-0.4, -0.2) is 23.3 Å². The molecular formula is C13H15ClN2O2. The van der Waals surface area contributed by atoms with Gasteiger partial charge < -0.3 is 14.0 Å². The maximum atomic E-state index is 6.22. The fraction of sp³-hybridized carbons (Fsp3) is 0.308. The van der Waals surface area contributed by atoms with Crippen LogP contribution in [0.1, 0.15) is 6.92 Å². The minimum absolute atomic E-state index is 0.522. The first-order chi connectivity index (χ1) is 8.67. The van der Waals surface area contributed by atoms with Crippen molar-refractivity contribution >= 4 is 11.6 Å². The number of hydrogen-bond acceptors (Lipinski definition) is 3. The van der Waals surface area contributed by atoms with E-state index in [1.54, 1.807) is 13.3 Å². The van der Waals surface area contributed by atoms with Crippen molar-refractivity contribution in [3.63, 3.8) is 0 Å². The molecule has 0 unspecified atom stereocenters. The highest BCUT2D eigenvalue weighted by atomic mass is 35.5. The van der Waals surface area contributed by atoms with Gasteiger partial charge in [-0.2, -0.15) is 0 Å². The normalized spacial score (nSPS) is 10.4. The van der Waals surface area contributed by atoms with Crippen LogP contribution in [0.2, 0.25) is 5.02 Å². The number of ether oxygens (including phenoxy) is 2. The van der Waals surface area contributed by atoms with E-state index < -0.39 is 0 Å². The molecule has 0 radical (unpaired) electrons. The van der Waals surface area contributed by atoms with Crippen LogP contribution in [0.25, 0.3) is 11.4 Å². The third kappa shape index (κ3) is 2.29. The number of imidazole rings is 1. The highest BCUT2D eigenvalue weighted by molar-refractivity contribution is 6.32. The van der Waals surface area contributed by atoms with Gasteiger partial charge in [-0.25, -0.2) is 4.98 Å². The van der Waals surface area contributed by atoms with Crippen molar-refractivity contribution < 1.29 is 9.47 Å². The third-order valence-electron chi connectivity index (χ3n) is 2.60. The Morgan fingerprint density at radius 2 is 2.17 bits per heavy atom. The van der Waals surface area contributed by atoms with E-state index in [4.69, 9.17) is 21.1 Å². The molecule has 0 fully saturated rings. The summed E-state index contributed by atoms with van der Waals surface area (Å²) in [4.78, 5) is 4.29. The first-order valence-electron chi connectivity index (χ1n) is 5.65. The van der Waals surface area contributed by atoms with Crippen molar-refractivity contribution in [1.82, 2.24) is 9.55 Å². The molecule has 0 aliphatic heterocycles. The lowest BCUT2D eigenvalue weighted by Gasteiger charge is -2.13. The Labute approximate surface area is 111 Å². The van der Waals surface area contributed by atoms with Gasteiger partial charge in [0, 0.05) is 25.0 Å². The fourth-order valence-corrected chi connectivity index (χ4v) is 2.04. The summed E-state index contributed by atoms with van der Waals surface area (Å²) in [6, 6.07) is 3.70. The molecule has 0 saturated heterocycles. The second-order valence-electron chi connectivity index (χ2n) is 3.78. The largest absolute Gasteiger partial charge is 0.493 e. The summed E-state index contributed by atoms with van der Waals surface area (Å²) >= 11 is 6.22. The lowest BCUT2D eigenvalue weighted by Crippen LogP contribution is -1.98. The van der Waals surface area contributed by atoms with E-state index in [1.165, 1.54) is 0 Å². The van der Waals surface area contributed by atoms with Crippen LogP contribution in [0.3, 0.4) is 0 Å². The zero-order valence-electron chi connectivity index (χ0n) is 10.6. The van der Waals surface area contributed by atoms with Gasteiger partial charge in [0.2, 0.25) is 0 Å². The zero-order chi connectivity index (χ0) is 13.1. The van der Waals surface area contributed by atoms with Crippen LogP contribution in [-0.2, 0) is 7.05 Å². The van der Waals surface area contributed by atoms with Crippen LogP contribution in [0, 0.1) is 0 Å². The molecule has 1 heterocycles. The van der Waals surface area contributed by atoms with E-state index in [9.17, 15) is 0 Å². The molecule has 0 saturated carbocycles. The van der Waals surface area contributed by atoms with Crippen LogP contribution < -0.4 is 9.47 Å². The molecule has 0 aliphatic rings. The first-order valence-corrected chi connectivity index (χ1v) is 6.03. The van der Waals surface area contributed by atoms with Gasteiger partial charge in [0.15, 0.2) is 11.5 Å². The lowest BCUT2D eigenvalue weighted by molar-refractivity contribution is 0.311. The minimum Gasteiger partial charge on any atom is -0.493 e. The maximum Gasteiger partial charge on any atom is 0.179 e. The maximum absolute atomic E-state index is 6.22. The van der Waals surface area contributed by atoms with Crippen LogP contribution in [0.5, 0.6) is 11.5 Å². The Bertz CT molecular complexity index is 552. The van der Waals surface area contributed by atoms with E-state index in [0.717, 1.165) is 11.4 Å². The zero-order valence-corrected chi connectivity index (χ0v) is 11.4. The van der Waals surface area contributed by atoms with Crippen molar-refractivity contribution in [2.45, 2.75) is 6.92 Å². The summed E-state index contributed by atoms with van der Waals surface area (Å²) < 4.78 is 12.7. The van der Waals surface area contributed by atoms with Gasteiger partial charge in [0.05, 0.1) is 18.7 Å². The second-order valence-corrected chi connectivity index (χ2v) is 4.19. The molecule has 4 nitrogen and oxygen atoms in total. The SMILES string of the molecule is CCOc1c(Cl)cc(-c2nccn2C)cc1OC. The summed E-state index contributed by atoms with van der Waals surface area (Å²) in [7, 11) is 3.52. The molecule has 2 rings (SSSR count). The third-order valence-corrected chi connectivity index (χ3v) is 2.88. The van der Waals surface area contributed by atoms with Gasteiger partial charge >= 0.3 is 0 Å². The van der Waals surface area contributed by atoms with Gasteiger partial charge in [0.1, 0.15) is 5.82 Å². The summed E-state index contributed by atoms with van der Waals surface area (Å²) in [6.07, 6.45) is 3.62. The highest BCUT2D eigenvalue weighted by Gasteiger charge is 2.14. The average Bonchev–Trinajstić information content (AvgIpc) is 2.78. The number of aryl methyl sites for hydroxylation is 1. The Hall–Kier alpha value is -1.68. The molecule has 0 amide bonds. The molecule has 0 bridgehead atoms. The Morgan fingerprint density at radius 1 is 1.39 bits per heavy atom. The number of methoxy groups -OCH3 is 1. The molecule has 2 aromatic rings. The molecule has 5 heteroatoms. The summed E-state index contributed by atoms with van der Waals surface area (Å²) in [5.41, 5.74) is 0.896. The molecule has 0 atom stereocenters. The van der Waals surface area contributed by atoms with Crippen molar-refractivity contribution in [3.8, 4) is 22.9 Å². The molecule has 1 aromatic carbocycles. The van der Waals surface area contributed by atoms with E-state index in [1.807, 2.05) is 36.9 Å². The topological polar surface area (TPSA) is 36.3 Å². The highest BCUT2D eigenvalue weighted by Crippen LogP contribution is 2.38. The summed E-state index contributed by atoms with van der Waals surface area (Å²) in [5.74, 6) is 2.01. The summed E-state index contributed by atoms with van der Waals surface area (Å²) in [5, 5.41) is 0.522. The molecule has 0 aliphatic carbocycles. The van der Waals surface area contributed by atoms with E-state index >= 15 is 0 Å². The van der Waals surface area contributed by atoms with Gasteiger partial charge in [-0.05, 0) is 19.1 Å². The van der Waals surface area contributed by atoms with Gasteiger partial charge in [-0.1, -0.05) is 11.6 Å². The molecule has 96 valence electrons. The van der Waals surface area contributed by atoms with E-state index in [-0.39, 0.29) is 0 Å². The van der Waals surface area contributed by atoms with Crippen molar-refractivity contribution in [1.29, 1.82) is 0 Å². The standard InChI is InChI=1S/C13H15ClN2O2/c1-4-18-12-10(14)7-9(8-11(12)17-3)13-15-5-6-16(13)2/h5-8H,4H2,1-3H3. The molecular weight excluding hydrogens is 252 g/mol. The monoisotopic (exact) mass is 266 g/mol. The second kappa shape index (κ2) is 5.31. The van der Waals surface area contributed by atoms with Crippen LogP contribution >= 0.6 is 11.6 Å².